The van der Waals surface area contributed by atoms with Crippen LogP contribution < -0.4 is 4.74 Å². The van der Waals surface area contributed by atoms with Crippen molar-refractivity contribution in [2.75, 3.05) is 7.11 Å². The Morgan fingerprint density at radius 2 is 1.74 bits per heavy atom. The van der Waals surface area contributed by atoms with Crippen LogP contribution in [-0.2, 0) is 5.75 Å². The van der Waals surface area contributed by atoms with E-state index >= 15 is 0 Å². The number of ketones is 1. The minimum Gasteiger partial charge on any atom is -0.496 e. The first-order valence-corrected chi connectivity index (χ1v) is 11.0. The summed E-state index contributed by atoms with van der Waals surface area (Å²) in [5, 5.41) is 0. The summed E-state index contributed by atoms with van der Waals surface area (Å²) in [7, 11) is 1.68. The van der Waals surface area contributed by atoms with Crippen LogP contribution >= 0.6 is 11.8 Å². The van der Waals surface area contributed by atoms with Gasteiger partial charge in [-0.25, -0.2) is 0 Å². The van der Waals surface area contributed by atoms with Crippen molar-refractivity contribution in [3.63, 3.8) is 0 Å². The minimum absolute atomic E-state index is 0.0308. The average Bonchev–Trinajstić information content (AvgIpc) is 3.37. The number of methoxy groups -OCH3 is 1. The number of hydrogen-bond donors (Lipinski definition) is 0. The molecule has 0 aliphatic heterocycles. The highest BCUT2D eigenvalue weighted by molar-refractivity contribution is 7.98. The summed E-state index contributed by atoms with van der Waals surface area (Å²) in [5.41, 5.74) is 3.68. The molecule has 154 valence electrons. The molecule has 0 N–H and O–H groups in total. The number of hydrogen-bond acceptors (Lipinski definition) is 3. The third-order valence-corrected chi connectivity index (χ3v) is 5.97. The zero-order valence-corrected chi connectivity index (χ0v) is 18.1. The largest absolute Gasteiger partial charge is 0.496 e. The molecule has 0 spiro atoms. The molecule has 0 fully saturated rings. The normalized spacial score (nSPS) is 11.0. The standard InChI is InChI=1S/C27H23NO2S/c1-30-27-18-21(12-14-23(27)20-31-25-10-3-2-4-11-25)13-15-26(29)22-8-7-9-24(19-22)28-16-5-6-17-28/h2-19H,20H2,1H3/b15-13+. The van der Waals surface area contributed by atoms with E-state index in [9.17, 15) is 4.79 Å². The second-order valence-corrected chi connectivity index (χ2v) is 8.06. The second kappa shape index (κ2) is 10.0. The van der Waals surface area contributed by atoms with E-state index in [2.05, 4.69) is 18.2 Å². The average molecular weight is 426 g/mol. The highest BCUT2D eigenvalue weighted by atomic mass is 32.2. The van der Waals surface area contributed by atoms with Gasteiger partial charge in [0.2, 0.25) is 0 Å². The van der Waals surface area contributed by atoms with Crippen molar-refractivity contribution >= 4 is 23.6 Å². The van der Waals surface area contributed by atoms with Gasteiger partial charge in [0.1, 0.15) is 5.75 Å². The van der Waals surface area contributed by atoms with Crippen molar-refractivity contribution in [2.45, 2.75) is 10.6 Å². The monoisotopic (exact) mass is 425 g/mol. The fourth-order valence-electron chi connectivity index (χ4n) is 3.26. The summed E-state index contributed by atoms with van der Waals surface area (Å²) in [6.07, 6.45) is 7.37. The van der Waals surface area contributed by atoms with Crippen LogP contribution in [0.2, 0.25) is 0 Å². The minimum atomic E-state index is -0.0308. The predicted molar refractivity (Wildman–Crippen MR) is 128 cm³/mol. The number of benzene rings is 3. The molecule has 31 heavy (non-hydrogen) atoms. The SMILES string of the molecule is COc1cc(/C=C/C(=O)c2cccc(-n3cccc3)c2)ccc1CSc1ccccc1. The van der Waals surface area contributed by atoms with Gasteiger partial charge in [0, 0.05) is 39.9 Å². The summed E-state index contributed by atoms with van der Waals surface area (Å²) >= 11 is 1.77. The maximum atomic E-state index is 12.7. The zero-order valence-electron chi connectivity index (χ0n) is 17.3. The summed E-state index contributed by atoms with van der Waals surface area (Å²) < 4.78 is 7.57. The first kappa shape index (κ1) is 20.8. The lowest BCUT2D eigenvalue weighted by Gasteiger charge is -2.09. The fourth-order valence-corrected chi connectivity index (χ4v) is 4.17. The maximum Gasteiger partial charge on any atom is 0.185 e. The molecule has 1 heterocycles. The molecule has 1 aromatic heterocycles. The van der Waals surface area contributed by atoms with Crippen LogP contribution in [0.5, 0.6) is 5.75 Å². The third kappa shape index (κ3) is 5.36. The zero-order chi connectivity index (χ0) is 21.5. The summed E-state index contributed by atoms with van der Waals surface area (Å²) in [6.45, 7) is 0. The Bertz CT molecular complexity index is 1180. The molecule has 3 nitrogen and oxygen atoms in total. The lowest BCUT2D eigenvalue weighted by Crippen LogP contribution is -1.97. The van der Waals surface area contributed by atoms with E-state index in [4.69, 9.17) is 4.74 Å². The number of allylic oxidation sites excluding steroid dienone is 1. The van der Waals surface area contributed by atoms with E-state index in [0.717, 1.165) is 28.3 Å². The molecule has 0 saturated carbocycles. The lowest BCUT2D eigenvalue weighted by atomic mass is 10.1. The molecule has 4 aromatic rings. The van der Waals surface area contributed by atoms with E-state index in [1.165, 1.54) is 4.90 Å². The first-order valence-electron chi connectivity index (χ1n) is 10.0. The van der Waals surface area contributed by atoms with Crippen LogP contribution in [0.25, 0.3) is 11.8 Å². The van der Waals surface area contributed by atoms with Crippen molar-refractivity contribution in [3.8, 4) is 11.4 Å². The number of thioether (sulfide) groups is 1. The number of rotatable bonds is 8. The quantitative estimate of drug-likeness (QED) is 0.179. The van der Waals surface area contributed by atoms with Crippen LogP contribution in [0.3, 0.4) is 0 Å². The Hall–Kier alpha value is -3.50. The third-order valence-electron chi connectivity index (χ3n) is 4.91. The first-order chi connectivity index (χ1) is 15.2. The number of ether oxygens (including phenoxy) is 1. The van der Waals surface area contributed by atoms with E-state index in [1.54, 1.807) is 24.9 Å². The molecular weight excluding hydrogens is 402 g/mol. The van der Waals surface area contributed by atoms with Crippen LogP contribution in [0, 0.1) is 0 Å². The fraction of sp³-hybridized carbons (Fsp3) is 0.0741. The molecule has 0 unspecified atom stereocenters. The highest BCUT2D eigenvalue weighted by Gasteiger charge is 2.07. The van der Waals surface area contributed by atoms with Crippen molar-refractivity contribution < 1.29 is 9.53 Å². The Kier molecular flexibility index (Phi) is 6.70. The van der Waals surface area contributed by atoms with Crippen molar-refractivity contribution in [2.24, 2.45) is 0 Å². The molecule has 0 aliphatic carbocycles. The van der Waals surface area contributed by atoms with E-state index in [0.29, 0.717) is 5.56 Å². The van der Waals surface area contributed by atoms with Gasteiger partial charge in [0.05, 0.1) is 7.11 Å². The molecule has 0 bridgehead atoms. The summed E-state index contributed by atoms with van der Waals surface area (Å²) in [5.74, 6) is 1.62. The Morgan fingerprint density at radius 3 is 2.52 bits per heavy atom. The number of aromatic nitrogens is 1. The van der Waals surface area contributed by atoms with E-state index in [1.807, 2.05) is 89.8 Å². The van der Waals surface area contributed by atoms with Gasteiger partial charge in [-0.2, -0.15) is 0 Å². The van der Waals surface area contributed by atoms with Crippen LogP contribution in [0.15, 0.2) is 108 Å². The summed E-state index contributed by atoms with van der Waals surface area (Å²) in [4.78, 5) is 13.9. The number of nitrogens with zero attached hydrogens (tertiary/aromatic N) is 1. The molecular formula is C27H23NO2S. The Labute approximate surface area is 187 Å². The number of carbonyl (C=O) groups excluding carboxylic acids is 1. The van der Waals surface area contributed by atoms with Gasteiger partial charge in [-0.1, -0.05) is 48.5 Å². The molecule has 0 atom stereocenters. The van der Waals surface area contributed by atoms with Crippen molar-refractivity contribution in [1.29, 1.82) is 0 Å². The van der Waals surface area contributed by atoms with Gasteiger partial charge in [-0.05, 0) is 54.1 Å². The van der Waals surface area contributed by atoms with E-state index < -0.39 is 0 Å². The molecule has 4 rings (SSSR count). The summed E-state index contributed by atoms with van der Waals surface area (Å²) in [6, 6.07) is 27.9. The number of carbonyl (C=O) groups is 1. The topological polar surface area (TPSA) is 31.2 Å². The van der Waals surface area contributed by atoms with Gasteiger partial charge in [0.15, 0.2) is 5.78 Å². The molecule has 0 aliphatic rings. The molecule has 3 aromatic carbocycles. The lowest BCUT2D eigenvalue weighted by molar-refractivity contribution is 0.104. The van der Waals surface area contributed by atoms with Gasteiger partial charge in [-0.3, -0.25) is 4.79 Å². The Morgan fingerprint density at radius 1 is 0.935 bits per heavy atom. The van der Waals surface area contributed by atoms with Gasteiger partial charge < -0.3 is 9.30 Å². The van der Waals surface area contributed by atoms with Crippen LogP contribution in [0.1, 0.15) is 21.5 Å². The maximum absolute atomic E-state index is 12.7. The highest BCUT2D eigenvalue weighted by Crippen LogP contribution is 2.29. The van der Waals surface area contributed by atoms with Gasteiger partial charge in [-0.15, -0.1) is 11.8 Å². The second-order valence-electron chi connectivity index (χ2n) is 7.01. The molecule has 0 radical (unpaired) electrons. The van der Waals surface area contributed by atoms with Crippen molar-refractivity contribution in [1.82, 2.24) is 4.57 Å². The van der Waals surface area contributed by atoms with Gasteiger partial charge >= 0.3 is 0 Å². The van der Waals surface area contributed by atoms with Crippen LogP contribution in [-0.4, -0.2) is 17.5 Å². The predicted octanol–water partition coefficient (Wildman–Crippen LogP) is 6.67. The van der Waals surface area contributed by atoms with Gasteiger partial charge in [0.25, 0.3) is 0 Å². The molecule has 0 saturated heterocycles. The Balaban J connectivity index is 1.46. The molecule has 4 heteroatoms. The van der Waals surface area contributed by atoms with Crippen molar-refractivity contribution in [3.05, 3.63) is 120 Å². The smallest absolute Gasteiger partial charge is 0.185 e. The van der Waals surface area contributed by atoms with E-state index in [-0.39, 0.29) is 5.78 Å². The van der Waals surface area contributed by atoms with Crippen LogP contribution in [0.4, 0.5) is 0 Å². The molecule has 0 amide bonds.